The van der Waals surface area contributed by atoms with Gasteiger partial charge in [-0.3, -0.25) is 4.79 Å². The van der Waals surface area contributed by atoms with Gasteiger partial charge >= 0.3 is 0 Å². The third-order valence-electron chi connectivity index (χ3n) is 3.97. The van der Waals surface area contributed by atoms with Gasteiger partial charge in [0.2, 0.25) is 0 Å². The van der Waals surface area contributed by atoms with Crippen LogP contribution in [0, 0.1) is 6.92 Å². The summed E-state index contributed by atoms with van der Waals surface area (Å²) in [7, 11) is 0. The number of nitrogens with zero attached hydrogens (tertiary/aromatic N) is 2. The van der Waals surface area contributed by atoms with Gasteiger partial charge in [0, 0.05) is 4.47 Å². The Kier molecular flexibility index (Phi) is 4.81. The number of aromatic nitrogens is 2. The van der Waals surface area contributed by atoms with Crippen molar-refractivity contribution in [3.05, 3.63) is 82.1 Å². The topological polar surface area (TPSA) is 46.9 Å². The minimum atomic E-state index is -0.127. The number of rotatable bonds is 4. The molecule has 24 heavy (non-hydrogen) atoms. The van der Waals surface area contributed by atoms with Gasteiger partial charge in [0.15, 0.2) is 0 Å². The SMILES string of the molecule is Cc1c(C(=O)NC(C)c2ccccc2Br)cnn1-c1ccccc1. The lowest BCUT2D eigenvalue weighted by Gasteiger charge is -2.15. The molecule has 1 N–H and O–H groups in total. The lowest BCUT2D eigenvalue weighted by molar-refractivity contribution is 0.0939. The third kappa shape index (κ3) is 3.26. The largest absolute Gasteiger partial charge is 0.345 e. The first-order valence-electron chi connectivity index (χ1n) is 7.73. The highest BCUT2D eigenvalue weighted by Crippen LogP contribution is 2.23. The first-order valence-corrected chi connectivity index (χ1v) is 8.52. The first-order chi connectivity index (χ1) is 11.6. The molecular formula is C19H18BrN3O. The van der Waals surface area contributed by atoms with Crippen LogP contribution in [0.5, 0.6) is 0 Å². The van der Waals surface area contributed by atoms with Crippen LogP contribution in [0.4, 0.5) is 0 Å². The third-order valence-corrected chi connectivity index (χ3v) is 4.70. The summed E-state index contributed by atoms with van der Waals surface area (Å²) in [5.74, 6) is -0.127. The first kappa shape index (κ1) is 16.5. The summed E-state index contributed by atoms with van der Waals surface area (Å²) >= 11 is 3.52. The summed E-state index contributed by atoms with van der Waals surface area (Å²) in [6.07, 6.45) is 1.62. The quantitative estimate of drug-likeness (QED) is 0.723. The monoisotopic (exact) mass is 383 g/mol. The Morgan fingerprint density at radius 3 is 2.50 bits per heavy atom. The van der Waals surface area contributed by atoms with Crippen LogP contribution in [0.3, 0.4) is 0 Å². The molecule has 0 aliphatic carbocycles. The molecule has 122 valence electrons. The van der Waals surface area contributed by atoms with Crippen LogP contribution < -0.4 is 5.32 Å². The van der Waals surface area contributed by atoms with Gasteiger partial charge < -0.3 is 5.32 Å². The predicted molar refractivity (Wildman–Crippen MR) is 98.3 cm³/mol. The highest BCUT2D eigenvalue weighted by Gasteiger charge is 2.18. The van der Waals surface area contributed by atoms with Crippen molar-refractivity contribution in [3.63, 3.8) is 0 Å². The number of hydrogen-bond donors (Lipinski definition) is 1. The number of hydrogen-bond acceptors (Lipinski definition) is 2. The van der Waals surface area contributed by atoms with E-state index in [0.717, 1.165) is 21.4 Å². The Bertz CT molecular complexity index is 858. The molecular weight excluding hydrogens is 366 g/mol. The molecule has 5 heteroatoms. The molecule has 0 spiro atoms. The van der Waals surface area contributed by atoms with E-state index in [0.29, 0.717) is 5.56 Å². The zero-order valence-corrected chi connectivity index (χ0v) is 15.1. The Morgan fingerprint density at radius 1 is 1.12 bits per heavy atom. The maximum absolute atomic E-state index is 12.6. The maximum atomic E-state index is 12.6. The molecule has 1 amide bonds. The van der Waals surface area contributed by atoms with Crippen LogP contribution in [0.1, 0.15) is 34.6 Å². The summed E-state index contributed by atoms with van der Waals surface area (Å²) in [6.45, 7) is 3.87. The van der Waals surface area contributed by atoms with E-state index in [9.17, 15) is 4.79 Å². The summed E-state index contributed by atoms with van der Waals surface area (Å²) in [5.41, 5.74) is 3.38. The minimum Gasteiger partial charge on any atom is -0.345 e. The van der Waals surface area contributed by atoms with Gasteiger partial charge in [0.1, 0.15) is 0 Å². The fourth-order valence-electron chi connectivity index (χ4n) is 2.64. The second kappa shape index (κ2) is 7.01. The molecule has 0 aliphatic heterocycles. The fraction of sp³-hybridized carbons (Fsp3) is 0.158. The van der Waals surface area contributed by atoms with Crippen molar-refractivity contribution in [3.8, 4) is 5.69 Å². The van der Waals surface area contributed by atoms with Crippen LogP contribution in [-0.4, -0.2) is 15.7 Å². The molecule has 1 heterocycles. The van der Waals surface area contributed by atoms with E-state index in [1.54, 1.807) is 10.9 Å². The van der Waals surface area contributed by atoms with Gasteiger partial charge in [-0.15, -0.1) is 0 Å². The molecule has 0 saturated carbocycles. The summed E-state index contributed by atoms with van der Waals surface area (Å²) in [6, 6.07) is 17.6. The van der Waals surface area contributed by atoms with Crippen LogP contribution in [0.25, 0.3) is 5.69 Å². The average molecular weight is 384 g/mol. The molecule has 0 radical (unpaired) electrons. The number of amides is 1. The lowest BCUT2D eigenvalue weighted by Crippen LogP contribution is -2.27. The zero-order valence-electron chi connectivity index (χ0n) is 13.5. The Hall–Kier alpha value is -2.40. The standard InChI is InChI=1S/C19H18BrN3O/c1-13(16-10-6-7-11-18(16)20)22-19(24)17-12-21-23(14(17)2)15-8-4-3-5-9-15/h3-13H,1-2H3,(H,22,24). The number of carbonyl (C=O) groups excluding carboxylic acids is 1. The van der Waals surface area contributed by atoms with Gasteiger partial charge in [-0.05, 0) is 37.6 Å². The molecule has 0 fully saturated rings. The number of carbonyl (C=O) groups is 1. The summed E-state index contributed by atoms with van der Waals surface area (Å²) < 4.78 is 2.76. The number of benzene rings is 2. The van der Waals surface area contributed by atoms with Crippen molar-refractivity contribution >= 4 is 21.8 Å². The Labute approximate surface area is 149 Å². The van der Waals surface area contributed by atoms with Crippen molar-refractivity contribution in [2.75, 3.05) is 0 Å². The van der Waals surface area contributed by atoms with Crippen LogP contribution in [-0.2, 0) is 0 Å². The molecule has 3 rings (SSSR count). The smallest absolute Gasteiger partial charge is 0.255 e. The minimum absolute atomic E-state index is 0.104. The van der Waals surface area contributed by atoms with Crippen molar-refractivity contribution in [1.29, 1.82) is 0 Å². The van der Waals surface area contributed by atoms with E-state index in [1.165, 1.54) is 0 Å². The highest BCUT2D eigenvalue weighted by molar-refractivity contribution is 9.10. The predicted octanol–water partition coefficient (Wildman–Crippen LogP) is 4.43. The Morgan fingerprint density at radius 2 is 1.79 bits per heavy atom. The fourth-order valence-corrected chi connectivity index (χ4v) is 3.27. The number of nitrogens with one attached hydrogen (secondary N) is 1. The van der Waals surface area contributed by atoms with E-state index < -0.39 is 0 Å². The van der Waals surface area contributed by atoms with Crippen molar-refractivity contribution in [2.24, 2.45) is 0 Å². The summed E-state index contributed by atoms with van der Waals surface area (Å²) in [5, 5.41) is 7.39. The van der Waals surface area contributed by atoms with Gasteiger partial charge in [0.25, 0.3) is 5.91 Å². The molecule has 4 nitrogen and oxygen atoms in total. The number of halogens is 1. The molecule has 2 aromatic carbocycles. The molecule has 3 aromatic rings. The van der Waals surface area contributed by atoms with Crippen molar-refractivity contribution < 1.29 is 4.79 Å². The average Bonchev–Trinajstić information content (AvgIpc) is 2.97. The van der Waals surface area contributed by atoms with Gasteiger partial charge in [-0.1, -0.05) is 52.3 Å². The van der Waals surface area contributed by atoms with Gasteiger partial charge in [-0.25, -0.2) is 4.68 Å². The van der Waals surface area contributed by atoms with E-state index in [4.69, 9.17) is 0 Å². The van der Waals surface area contributed by atoms with Crippen LogP contribution in [0.15, 0.2) is 65.3 Å². The lowest BCUT2D eigenvalue weighted by atomic mass is 10.1. The van der Waals surface area contributed by atoms with Crippen molar-refractivity contribution in [1.82, 2.24) is 15.1 Å². The zero-order chi connectivity index (χ0) is 17.1. The summed E-state index contributed by atoms with van der Waals surface area (Å²) in [4.78, 5) is 12.6. The van der Waals surface area contributed by atoms with E-state index >= 15 is 0 Å². The maximum Gasteiger partial charge on any atom is 0.255 e. The van der Waals surface area contributed by atoms with Crippen LogP contribution in [0.2, 0.25) is 0 Å². The highest BCUT2D eigenvalue weighted by atomic mass is 79.9. The van der Waals surface area contributed by atoms with E-state index in [-0.39, 0.29) is 11.9 Å². The van der Waals surface area contributed by atoms with Gasteiger partial charge in [-0.2, -0.15) is 5.10 Å². The Balaban J connectivity index is 1.81. The second-order valence-corrected chi connectivity index (χ2v) is 6.46. The van der Waals surface area contributed by atoms with Crippen LogP contribution >= 0.6 is 15.9 Å². The molecule has 1 atom stereocenters. The number of para-hydroxylation sites is 1. The van der Waals surface area contributed by atoms with E-state index in [1.807, 2.05) is 68.4 Å². The van der Waals surface area contributed by atoms with Crippen molar-refractivity contribution in [2.45, 2.75) is 19.9 Å². The molecule has 0 bridgehead atoms. The molecule has 0 aliphatic rings. The second-order valence-electron chi connectivity index (χ2n) is 5.61. The van der Waals surface area contributed by atoms with E-state index in [2.05, 4.69) is 26.3 Å². The van der Waals surface area contributed by atoms with Gasteiger partial charge in [0.05, 0.1) is 29.2 Å². The molecule has 0 saturated heterocycles. The molecule has 1 unspecified atom stereocenters. The molecule has 1 aromatic heterocycles. The normalized spacial score (nSPS) is 12.0.